The summed E-state index contributed by atoms with van der Waals surface area (Å²) in [4.78, 5) is 14.1. The SMILES string of the molecule is CC(C)C(=O)OC[C@@H]1CCCN2CCCC[C@H]12.Cl. The molecule has 2 heterocycles. The molecule has 2 aliphatic heterocycles. The molecular formula is C14H26ClNO2. The van der Waals surface area contributed by atoms with Gasteiger partial charge in [0.05, 0.1) is 12.5 Å². The van der Waals surface area contributed by atoms with Crippen molar-refractivity contribution in [3.05, 3.63) is 0 Å². The Bertz CT molecular complexity index is 269. The van der Waals surface area contributed by atoms with Gasteiger partial charge in [-0.25, -0.2) is 0 Å². The quantitative estimate of drug-likeness (QED) is 0.742. The van der Waals surface area contributed by atoms with Gasteiger partial charge in [0.1, 0.15) is 0 Å². The Morgan fingerprint density at radius 2 is 1.94 bits per heavy atom. The molecule has 4 heteroatoms. The summed E-state index contributed by atoms with van der Waals surface area (Å²) >= 11 is 0. The summed E-state index contributed by atoms with van der Waals surface area (Å²) < 4.78 is 5.43. The van der Waals surface area contributed by atoms with Crippen molar-refractivity contribution in [2.75, 3.05) is 19.7 Å². The fourth-order valence-electron chi connectivity index (χ4n) is 3.13. The van der Waals surface area contributed by atoms with Gasteiger partial charge in [0.2, 0.25) is 0 Å². The van der Waals surface area contributed by atoms with Crippen molar-refractivity contribution < 1.29 is 9.53 Å². The Morgan fingerprint density at radius 3 is 2.67 bits per heavy atom. The van der Waals surface area contributed by atoms with Gasteiger partial charge < -0.3 is 4.74 Å². The van der Waals surface area contributed by atoms with Crippen LogP contribution < -0.4 is 0 Å². The van der Waals surface area contributed by atoms with Gasteiger partial charge in [0.25, 0.3) is 0 Å². The molecule has 3 nitrogen and oxygen atoms in total. The van der Waals surface area contributed by atoms with Crippen molar-refractivity contribution in [1.29, 1.82) is 0 Å². The molecule has 0 N–H and O–H groups in total. The Kier molecular flexibility index (Phi) is 6.44. The van der Waals surface area contributed by atoms with Crippen molar-refractivity contribution in [1.82, 2.24) is 4.90 Å². The lowest BCUT2D eigenvalue weighted by atomic mass is 9.84. The molecule has 0 unspecified atom stereocenters. The smallest absolute Gasteiger partial charge is 0.308 e. The minimum atomic E-state index is -0.0436. The molecule has 2 fully saturated rings. The lowest BCUT2D eigenvalue weighted by molar-refractivity contribution is -0.150. The summed E-state index contributed by atoms with van der Waals surface area (Å²) in [6.45, 7) is 6.93. The minimum Gasteiger partial charge on any atom is -0.465 e. The van der Waals surface area contributed by atoms with Gasteiger partial charge in [0.15, 0.2) is 0 Å². The molecule has 0 saturated carbocycles. The molecule has 0 spiro atoms. The third kappa shape index (κ3) is 3.86. The summed E-state index contributed by atoms with van der Waals surface area (Å²) in [5.41, 5.74) is 0. The van der Waals surface area contributed by atoms with E-state index in [4.69, 9.17) is 4.74 Å². The molecule has 0 aromatic carbocycles. The predicted octanol–water partition coefficient (Wildman–Crippen LogP) is 2.87. The maximum atomic E-state index is 11.5. The van der Waals surface area contributed by atoms with Crippen molar-refractivity contribution >= 4 is 18.4 Å². The van der Waals surface area contributed by atoms with E-state index in [9.17, 15) is 4.79 Å². The van der Waals surface area contributed by atoms with Gasteiger partial charge in [-0.15, -0.1) is 12.4 Å². The maximum absolute atomic E-state index is 11.5. The number of rotatable bonds is 3. The van der Waals surface area contributed by atoms with Crippen molar-refractivity contribution in [3.63, 3.8) is 0 Å². The molecule has 2 saturated heterocycles. The summed E-state index contributed by atoms with van der Waals surface area (Å²) in [6, 6.07) is 0.678. The van der Waals surface area contributed by atoms with E-state index in [-0.39, 0.29) is 24.3 Å². The highest BCUT2D eigenvalue weighted by atomic mass is 35.5. The fourth-order valence-corrected chi connectivity index (χ4v) is 3.13. The molecule has 0 radical (unpaired) electrons. The van der Waals surface area contributed by atoms with Crippen LogP contribution >= 0.6 is 12.4 Å². The van der Waals surface area contributed by atoms with E-state index >= 15 is 0 Å². The fraction of sp³-hybridized carbons (Fsp3) is 0.929. The number of ether oxygens (including phenoxy) is 1. The number of halogens is 1. The minimum absolute atomic E-state index is 0. The molecule has 18 heavy (non-hydrogen) atoms. The monoisotopic (exact) mass is 275 g/mol. The number of carbonyl (C=O) groups is 1. The van der Waals surface area contributed by atoms with Gasteiger partial charge >= 0.3 is 5.97 Å². The van der Waals surface area contributed by atoms with Crippen LogP contribution in [0.5, 0.6) is 0 Å². The number of carbonyl (C=O) groups excluding carboxylic acids is 1. The number of fused-ring (bicyclic) bond motifs is 1. The van der Waals surface area contributed by atoms with E-state index in [2.05, 4.69) is 4.90 Å². The van der Waals surface area contributed by atoms with Crippen LogP contribution in [0.2, 0.25) is 0 Å². The van der Waals surface area contributed by atoms with Crippen molar-refractivity contribution in [2.24, 2.45) is 11.8 Å². The third-order valence-corrected chi connectivity index (χ3v) is 4.14. The van der Waals surface area contributed by atoms with Crippen LogP contribution in [0.1, 0.15) is 46.0 Å². The molecule has 0 amide bonds. The van der Waals surface area contributed by atoms with E-state index < -0.39 is 0 Å². The summed E-state index contributed by atoms with van der Waals surface area (Å²) in [5, 5.41) is 0. The van der Waals surface area contributed by atoms with Gasteiger partial charge in [-0.2, -0.15) is 0 Å². The highest BCUT2D eigenvalue weighted by Gasteiger charge is 2.33. The van der Waals surface area contributed by atoms with Crippen molar-refractivity contribution in [3.8, 4) is 0 Å². The first-order valence-electron chi connectivity index (χ1n) is 7.09. The summed E-state index contributed by atoms with van der Waals surface area (Å²) in [7, 11) is 0. The van der Waals surface area contributed by atoms with Crippen LogP contribution in [-0.4, -0.2) is 36.6 Å². The highest BCUT2D eigenvalue weighted by molar-refractivity contribution is 5.85. The zero-order valence-corrected chi connectivity index (χ0v) is 12.4. The highest BCUT2D eigenvalue weighted by Crippen LogP contribution is 2.31. The zero-order chi connectivity index (χ0) is 12.3. The van der Waals surface area contributed by atoms with Gasteiger partial charge in [-0.05, 0) is 38.8 Å². The van der Waals surface area contributed by atoms with Crippen molar-refractivity contribution in [2.45, 2.75) is 52.0 Å². The van der Waals surface area contributed by atoms with E-state index in [1.165, 1.54) is 45.2 Å². The Hall–Kier alpha value is -0.280. The maximum Gasteiger partial charge on any atom is 0.308 e. The van der Waals surface area contributed by atoms with E-state index in [0.717, 1.165) is 0 Å². The normalized spacial score (nSPS) is 28.4. The van der Waals surface area contributed by atoms with Gasteiger partial charge in [-0.1, -0.05) is 20.3 Å². The van der Waals surface area contributed by atoms with E-state index in [1.807, 2.05) is 13.8 Å². The number of hydrogen-bond acceptors (Lipinski definition) is 3. The average molecular weight is 276 g/mol. The van der Waals surface area contributed by atoms with Crippen LogP contribution in [0.25, 0.3) is 0 Å². The first kappa shape index (κ1) is 15.8. The Morgan fingerprint density at radius 1 is 1.22 bits per heavy atom. The first-order valence-corrected chi connectivity index (χ1v) is 7.09. The second-order valence-corrected chi connectivity index (χ2v) is 5.79. The molecule has 2 aliphatic rings. The molecule has 106 valence electrons. The molecule has 0 bridgehead atoms. The second-order valence-electron chi connectivity index (χ2n) is 5.79. The molecule has 0 aromatic rings. The van der Waals surface area contributed by atoms with Crippen LogP contribution in [-0.2, 0) is 9.53 Å². The lowest BCUT2D eigenvalue weighted by Gasteiger charge is -2.44. The topological polar surface area (TPSA) is 29.5 Å². The second kappa shape index (κ2) is 7.34. The Labute approximate surface area is 117 Å². The zero-order valence-electron chi connectivity index (χ0n) is 11.6. The molecule has 0 aliphatic carbocycles. The Balaban J connectivity index is 0.00000162. The van der Waals surface area contributed by atoms with E-state index in [1.54, 1.807) is 0 Å². The van der Waals surface area contributed by atoms with Crippen LogP contribution in [0.15, 0.2) is 0 Å². The van der Waals surface area contributed by atoms with E-state index in [0.29, 0.717) is 18.6 Å². The van der Waals surface area contributed by atoms with Crippen LogP contribution in [0.4, 0.5) is 0 Å². The number of nitrogens with zero attached hydrogens (tertiary/aromatic N) is 1. The third-order valence-electron chi connectivity index (χ3n) is 4.14. The molecule has 2 rings (SSSR count). The van der Waals surface area contributed by atoms with Gasteiger partial charge in [0, 0.05) is 12.0 Å². The van der Waals surface area contributed by atoms with Crippen LogP contribution in [0.3, 0.4) is 0 Å². The first-order chi connectivity index (χ1) is 8.18. The predicted molar refractivity (Wildman–Crippen MR) is 75.0 cm³/mol. The molecular weight excluding hydrogens is 250 g/mol. The number of piperidine rings is 2. The number of hydrogen-bond donors (Lipinski definition) is 0. The number of esters is 1. The summed E-state index contributed by atoms with van der Waals surface area (Å²) in [5.74, 6) is 0.533. The van der Waals surface area contributed by atoms with Gasteiger partial charge in [-0.3, -0.25) is 9.69 Å². The molecule has 2 atom stereocenters. The summed E-state index contributed by atoms with van der Waals surface area (Å²) in [6.07, 6.45) is 6.47. The molecule has 0 aromatic heterocycles. The van der Waals surface area contributed by atoms with Crippen LogP contribution in [0, 0.1) is 11.8 Å². The lowest BCUT2D eigenvalue weighted by Crippen LogP contribution is -2.49. The largest absolute Gasteiger partial charge is 0.465 e. The standard InChI is InChI=1S/C14H25NO2.ClH/c1-11(2)14(16)17-10-12-6-5-9-15-8-4-3-7-13(12)15;/h11-13H,3-10H2,1-2H3;1H/t12-,13+;/m0./s1. The average Bonchev–Trinajstić information content (AvgIpc) is 2.35.